The summed E-state index contributed by atoms with van der Waals surface area (Å²) in [6.07, 6.45) is 4.73. The Morgan fingerprint density at radius 1 is 0.786 bits per heavy atom. The zero-order valence-corrected chi connectivity index (χ0v) is 16.2. The molecule has 0 amide bonds. The summed E-state index contributed by atoms with van der Waals surface area (Å²) in [5.41, 5.74) is 2.98. The van der Waals surface area contributed by atoms with Crippen molar-refractivity contribution in [3.05, 3.63) is 114 Å². The Morgan fingerprint density at radius 2 is 1.32 bits per heavy atom. The molecule has 0 heterocycles. The molecule has 0 saturated heterocycles. The Bertz CT molecular complexity index is 819. The minimum Gasteiger partial charge on any atom is -0.497 e. The van der Waals surface area contributed by atoms with Gasteiger partial charge in [0.15, 0.2) is 0 Å². The molecule has 2 N–H and O–H groups in total. The van der Waals surface area contributed by atoms with E-state index in [4.69, 9.17) is 9.84 Å². The first-order valence-electron chi connectivity index (χ1n) is 9.57. The monoisotopic (exact) mass is 373 g/mol. The zero-order chi connectivity index (χ0) is 19.7. The maximum Gasteiger partial charge on any atom is 0.118 e. The van der Waals surface area contributed by atoms with Gasteiger partial charge in [-0.15, -0.1) is 0 Å². The van der Waals surface area contributed by atoms with E-state index in [1.54, 1.807) is 7.11 Å². The second kappa shape index (κ2) is 9.88. The summed E-state index contributed by atoms with van der Waals surface area (Å²) in [7, 11) is 1.68. The van der Waals surface area contributed by atoms with E-state index in [1.165, 1.54) is 11.1 Å². The molecular weight excluding hydrogens is 346 g/mol. The van der Waals surface area contributed by atoms with Gasteiger partial charge in [-0.25, -0.2) is 0 Å². The molecule has 0 aliphatic rings. The molecule has 0 fully saturated rings. The van der Waals surface area contributed by atoms with E-state index < -0.39 is 5.54 Å². The number of hydrogen-bond acceptors (Lipinski definition) is 3. The first kappa shape index (κ1) is 19.9. The molecule has 3 rings (SSSR count). The van der Waals surface area contributed by atoms with Crippen molar-refractivity contribution in [2.45, 2.75) is 12.0 Å². The number of benzene rings is 3. The van der Waals surface area contributed by atoms with E-state index in [1.807, 2.05) is 30.3 Å². The number of hydrogen-bond donors (Lipinski definition) is 2. The van der Waals surface area contributed by atoms with Gasteiger partial charge in [0.05, 0.1) is 12.6 Å². The van der Waals surface area contributed by atoms with Gasteiger partial charge in [0.1, 0.15) is 5.75 Å². The van der Waals surface area contributed by atoms with Gasteiger partial charge in [0, 0.05) is 13.2 Å². The molecular formula is C25H27NO2. The Hall–Kier alpha value is -2.88. The normalized spacial score (nSPS) is 11.6. The molecule has 0 unspecified atom stereocenters. The van der Waals surface area contributed by atoms with Crippen LogP contribution in [0, 0.1) is 0 Å². The van der Waals surface area contributed by atoms with Crippen LogP contribution in [0.1, 0.15) is 23.1 Å². The highest BCUT2D eigenvalue weighted by molar-refractivity contribution is 5.50. The predicted octanol–water partition coefficient (Wildman–Crippen LogP) is 4.52. The van der Waals surface area contributed by atoms with Crippen molar-refractivity contribution in [3.63, 3.8) is 0 Å². The van der Waals surface area contributed by atoms with Gasteiger partial charge in [-0.3, -0.25) is 5.32 Å². The number of ether oxygens (including phenoxy) is 1. The smallest absolute Gasteiger partial charge is 0.118 e. The number of aliphatic hydroxyl groups excluding tert-OH is 1. The minimum absolute atomic E-state index is 0.164. The lowest BCUT2D eigenvalue weighted by molar-refractivity contribution is 0.302. The van der Waals surface area contributed by atoms with Crippen LogP contribution in [-0.2, 0) is 5.54 Å². The van der Waals surface area contributed by atoms with Gasteiger partial charge in [0.25, 0.3) is 0 Å². The molecule has 0 aromatic heterocycles. The summed E-state index contributed by atoms with van der Waals surface area (Å²) in [5.74, 6) is 0.835. The molecule has 3 heteroatoms. The van der Waals surface area contributed by atoms with Crippen molar-refractivity contribution in [2.24, 2.45) is 0 Å². The second-order valence-corrected chi connectivity index (χ2v) is 6.58. The van der Waals surface area contributed by atoms with Crippen LogP contribution in [0.25, 0.3) is 0 Å². The maximum absolute atomic E-state index is 9.03. The molecule has 0 saturated carbocycles. The van der Waals surface area contributed by atoms with Crippen LogP contribution < -0.4 is 10.1 Å². The second-order valence-electron chi connectivity index (χ2n) is 6.58. The first-order chi connectivity index (χ1) is 13.8. The number of aliphatic hydroxyl groups is 1. The highest BCUT2D eigenvalue weighted by atomic mass is 16.5. The van der Waals surface area contributed by atoms with Crippen LogP contribution in [-0.4, -0.2) is 25.4 Å². The van der Waals surface area contributed by atoms with Gasteiger partial charge in [-0.1, -0.05) is 84.9 Å². The molecule has 144 valence electrons. The largest absolute Gasteiger partial charge is 0.497 e. The molecule has 0 aliphatic heterocycles. The van der Waals surface area contributed by atoms with E-state index in [-0.39, 0.29) is 6.61 Å². The van der Waals surface area contributed by atoms with E-state index in [2.05, 4.69) is 72.1 Å². The fourth-order valence-electron chi connectivity index (χ4n) is 3.51. The average molecular weight is 373 g/mol. The van der Waals surface area contributed by atoms with Crippen molar-refractivity contribution < 1.29 is 9.84 Å². The van der Waals surface area contributed by atoms with Gasteiger partial charge >= 0.3 is 0 Å². The summed E-state index contributed by atoms with van der Waals surface area (Å²) in [6.45, 7) is 0.841. The summed E-state index contributed by atoms with van der Waals surface area (Å²) in [4.78, 5) is 0. The zero-order valence-electron chi connectivity index (χ0n) is 16.2. The van der Waals surface area contributed by atoms with Crippen LogP contribution in [0.15, 0.2) is 97.1 Å². The lowest BCUT2D eigenvalue weighted by Gasteiger charge is -2.37. The molecule has 0 atom stereocenters. The topological polar surface area (TPSA) is 41.5 Å². The number of methoxy groups -OCH3 is 1. The third-order valence-electron chi connectivity index (χ3n) is 4.88. The van der Waals surface area contributed by atoms with Crippen LogP contribution in [0.5, 0.6) is 5.75 Å². The first-order valence-corrected chi connectivity index (χ1v) is 9.57. The van der Waals surface area contributed by atoms with Gasteiger partial charge in [-0.2, -0.15) is 0 Å². The van der Waals surface area contributed by atoms with E-state index >= 15 is 0 Å². The highest BCUT2D eigenvalue weighted by Crippen LogP contribution is 2.37. The van der Waals surface area contributed by atoms with Crippen LogP contribution in [0.3, 0.4) is 0 Å². The van der Waals surface area contributed by atoms with Crippen LogP contribution in [0.4, 0.5) is 0 Å². The van der Waals surface area contributed by atoms with Crippen molar-refractivity contribution >= 4 is 0 Å². The summed E-state index contributed by atoms with van der Waals surface area (Å²) >= 11 is 0. The van der Waals surface area contributed by atoms with Crippen molar-refractivity contribution in [3.8, 4) is 5.75 Å². The summed E-state index contributed by atoms with van der Waals surface area (Å²) in [5, 5.41) is 12.8. The van der Waals surface area contributed by atoms with Crippen molar-refractivity contribution in [2.75, 3.05) is 20.3 Å². The Labute approximate surface area is 167 Å². The third-order valence-corrected chi connectivity index (χ3v) is 4.88. The van der Waals surface area contributed by atoms with Crippen molar-refractivity contribution in [1.82, 2.24) is 5.32 Å². The summed E-state index contributed by atoms with van der Waals surface area (Å²) in [6, 6.07) is 29.2. The Balaban J connectivity index is 2.13. The molecule has 0 bridgehead atoms. The van der Waals surface area contributed by atoms with Crippen LogP contribution in [0.2, 0.25) is 0 Å². The standard InChI is InChI=1S/C25H27NO2/c1-28-24-17-15-23(16-18-24)25(21-11-5-2-6-12-21,22-13-7-3-8-14-22)26-19-9-4-10-20-27/h2-9,11-18,26-27H,10,19-20H2,1H3/b9-4-. The van der Waals surface area contributed by atoms with E-state index in [0.717, 1.165) is 11.3 Å². The minimum atomic E-state index is -0.502. The number of nitrogens with one attached hydrogen (secondary N) is 1. The van der Waals surface area contributed by atoms with Crippen LogP contribution >= 0.6 is 0 Å². The molecule has 28 heavy (non-hydrogen) atoms. The molecule has 0 aliphatic carbocycles. The Kier molecular flexibility index (Phi) is 7.01. The molecule has 3 aromatic carbocycles. The molecule has 3 aromatic rings. The van der Waals surface area contributed by atoms with Gasteiger partial charge < -0.3 is 9.84 Å². The number of rotatable bonds is 9. The Morgan fingerprint density at radius 3 is 1.82 bits per heavy atom. The van der Waals surface area contributed by atoms with E-state index in [9.17, 15) is 0 Å². The SMILES string of the molecule is COc1ccc(C(NC/C=C\CCO)(c2ccccc2)c2ccccc2)cc1. The fraction of sp³-hybridized carbons (Fsp3) is 0.200. The highest BCUT2D eigenvalue weighted by Gasteiger charge is 2.35. The predicted molar refractivity (Wildman–Crippen MR) is 115 cm³/mol. The van der Waals surface area contributed by atoms with Gasteiger partial charge in [0.2, 0.25) is 0 Å². The lowest BCUT2D eigenvalue weighted by atomic mass is 9.77. The maximum atomic E-state index is 9.03. The molecule has 0 spiro atoms. The lowest BCUT2D eigenvalue weighted by Crippen LogP contribution is -2.44. The third kappa shape index (κ3) is 4.33. The fourth-order valence-corrected chi connectivity index (χ4v) is 3.51. The summed E-state index contributed by atoms with van der Waals surface area (Å²) < 4.78 is 5.36. The molecule has 0 radical (unpaired) electrons. The van der Waals surface area contributed by atoms with Crippen molar-refractivity contribution in [1.29, 1.82) is 0 Å². The quantitative estimate of drug-likeness (QED) is 0.428. The molecule has 3 nitrogen and oxygen atoms in total. The van der Waals surface area contributed by atoms with E-state index in [0.29, 0.717) is 13.0 Å². The average Bonchev–Trinajstić information content (AvgIpc) is 2.78. The van der Waals surface area contributed by atoms with Gasteiger partial charge in [-0.05, 0) is 35.2 Å².